The smallest absolute Gasteiger partial charge is 0.123 e. The van der Waals surface area contributed by atoms with Gasteiger partial charge in [0.25, 0.3) is 0 Å². The third-order valence-electron chi connectivity index (χ3n) is 3.17. The lowest BCUT2D eigenvalue weighted by Crippen LogP contribution is -2.16. The molecule has 18 heavy (non-hydrogen) atoms. The zero-order valence-electron chi connectivity index (χ0n) is 10.1. The third kappa shape index (κ3) is 2.57. The van der Waals surface area contributed by atoms with E-state index in [1.165, 1.54) is 18.9 Å². The lowest BCUT2D eigenvalue weighted by atomic mass is 10.0. The lowest BCUT2D eigenvalue weighted by Gasteiger charge is -2.10. The van der Waals surface area contributed by atoms with Gasteiger partial charge in [0.05, 0.1) is 5.69 Å². The molecule has 92 valence electrons. The largest absolute Gasteiger partial charge is 0.310 e. The fourth-order valence-corrected chi connectivity index (χ4v) is 2.01. The highest BCUT2D eigenvalue weighted by Gasteiger charge is 2.20. The highest BCUT2D eigenvalue weighted by atomic mass is 19.1. The Morgan fingerprint density at radius 1 is 1.22 bits per heavy atom. The summed E-state index contributed by atoms with van der Waals surface area (Å²) in [6.45, 7) is 0.775. The normalized spacial score (nSPS) is 14.7. The summed E-state index contributed by atoms with van der Waals surface area (Å²) < 4.78 is 13.4. The van der Waals surface area contributed by atoms with Gasteiger partial charge in [-0.2, -0.15) is 0 Å². The first kappa shape index (κ1) is 11.4. The van der Waals surface area contributed by atoms with Crippen LogP contribution in [0.15, 0.2) is 42.6 Å². The van der Waals surface area contributed by atoms with E-state index in [4.69, 9.17) is 0 Å². The molecule has 0 saturated heterocycles. The van der Waals surface area contributed by atoms with E-state index < -0.39 is 0 Å². The van der Waals surface area contributed by atoms with Crippen molar-refractivity contribution < 1.29 is 4.39 Å². The van der Waals surface area contributed by atoms with Crippen molar-refractivity contribution in [1.82, 2.24) is 10.3 Å². The Morgan fingerprint density at radius 2 is 2.11 bits per heavy atom. The second-order valence-electron chi connectivity index (χ2n) is 4.67. The summed E-state index contributed by atoms with van der Waals surface area (Å²) in [5, 5.41) is 3.45. The van der Waals surface area contributed by atoms with Gasteiger partial charge in [-0.3, -0.25) is 4.98 Å². The van der Waals surface area contributed by atoms with Gasteiger partial charge in [0.2, 0.25) is 0 Å². The van der Waals surface area contributed by atoms with Crippen molar-refractivity contribution >= 4 is 0 Å². The minimum absolute atomic E-state index is 0.217. The van der Waals surface area contributed by atoms with E-state index in [2.05, 4.69) is 10.3 Å². The molecule has 1 N–H and O–H groups in total. The Kier molecular flexibility index (Phi) is 3.07. The number of halogens is 1. The van der Waals surface area contributed by atoms with Crippen LogP contribution in [-0.2, 0) is 6.54 Å². The number of hydrogen-bond acceptors (Lipinski definition) is 2. The maximum absolute atomic E-state index is 13.4. The highest BCUT2D eigenvalue weighted by Crippen LogP contribution is 2.25. The molecule has 1 heterocycles. The standard InChI is InChI=1S/C15H15FN2/c16-12-5-4-11(10-18-13-6-7-13)14(9-12)15-3-1-2-8-17-15/h1-5,8-9,13,18H,6-7,10H2. The van der Waals surface area contributed by atoms with Crippen LogP contribution in [0.25, 0.3) is 11.3 Å². The molecule has 1 aliphatic carbocycles. The Morgan fingerprint density at radius 3 is 2.83 bits per heavy atom. The summed E-state index contributed by atoms with van der Waals surface area (Å²) in [6, 6.07) is 11.3. The number of pyridine rings is 1. The van der Waals surface area contributed by atoms with Crippen LogP contribution in [-0.4, -0.2) is 11.0 Å². The minimum atomic E-state index is -0.217. The van der Waals surface area contributed by atoms with E-state index in [-0.39, 0.29) is 5.82 Å². The molecule has 0 spiro atoms. The predicted octanol–water partition coefficient (Wildman–Crippen LogP) is 3.14. The zero-order chi connectivity index (χ0) is 12.4. The van der Waals surface area contributed by atoms with E-state index in [0.717, 1.165) is 23.4 Å². The topological polar surface area (TPSA) is 24.9 Å². The quantitative estimate of drug-likeness (QED) is 0.891. The molecular formula is C15H15FN2. The number of aromatic nitrogens is 1. The Labute approximate surface area is 106 Å². The van der Waals surface area contributed by atoms with Crippen molar-refractivity contribution in [2.24, 2.45) is 0 Å². The maximum Gasteiger partial charge on any atom is 0.123 e. The van der Waals surface area contributed by atoms with E-state index in [1.807, 2.05) is 24.3 Å². The summed E-state index contributed by atoms with van der Waals surface area (Å²) in [6.07, 6.45) is 4.23. The second kappa shape index (κ2) is 4.86. The molecule has 2 aromatic rings. The average molecular weight is 242 g/mol. The highest BCUT2D eigenvalue weighted by molar-refractivity contribution is 5.63. The van der Waals surface area contributed by atoms with Gasteiger partial charge >= 0.3 is 0 Å². The summed E-state index contributed by atoms with van der Waals surface area (Å²) in [4.78, 5) is 4.30. The summed E-state index contributed by atoms with van der Waals surface area (Å²) in [5.41, 5.74) is 2.80. The molecule has 0 atom stereocenters. The van der Waals surface area contributed by atoms with Crippen molar-refractivity contribution in [2.45, 2.75) is 25.4 Å². The van der Waals surface area contributed by atoms with Crippen molar-refractivity contribution in [3.8, 4) is 11.3 Å². The fourth-order valence-electron chi connectivity index (χ4n) is 2.01. The van der Waals surface area contributed by atoms with Gasteiger partial charge in [0.1, 0.15) is 5.82 Å². The van der Waals surface area contributed by atoms with Gasteiger partial charge in [0, 0.05) is 24.3 Å². The van der Waals surface area contributed by atoms with Crippen molar-refractivity contribution in [3.05, 3.63) is 54.0 Å². The van der Waals surface area contributed by atoms with E-state index in [1.54, 1.807) is 12.3 Å². The molecule has 1 aliphatic rings. The Hall–Kier alpha value is -1.74. The molecule has 0 unspecified atom stereocenters. The van der Waals surface area contributed by atoms with Crippen LogP contribution in [0.2, 0.25) is 0 Å². The van der Waals surface area contributed by atoms with Gasteiger partial charge < -0.3 is 5.32 Å². The molecule has 1 saturated carbocycles. The van der Waals surface area contributed by atoms with Crippen LogP contribution in [0.1, 0.15) is 18.4 Å². The first-order chi connectivity index (χ1) is 8.83. The number of nitrogens with one attached hydrogen (secondary N) is 1. The first-order valence-electron chi connectivity index (χ1n) is 6.26. The van der Waals surface area contributed by atoms with Crippen LogP contribution in [0.3, 0.4) is 0 Å². The molecular weight excluding hydrogens is 227 g/mol. The van der Waals surface area contributed by atoms with Crippen LogP contribution in [0, 0.1) is 5.82 Å². The number of rotatable bonds is 4. The van der Waals surface area contributed by atoms with Crippen molar-refractivity contribution in [2.75, 3.05) is 0 Å². The molecule has 1 fully saturated rings. The molecule has 3 rings (SSSR count). The number of benzene rings is 1. The Balaban J connectivity index is 1.92. The van der Waals surface area contributed by atoms with Crippen LogP contribution < -0.4 is 5.32 Å². The zero-order valence-corrected chi connectivity index (χ0v) is 10.1. The van der Waals surface area contributed by atoms with Crippen molar-refractivity contribution in [3.63, 3.8) is 0 Å². The molecule has 3 heteroatoms. The second-order valence-corrected chi connectivity index (χ2v) is 4.67. The van der Waals surface area contributed by atoms with Gasteiger partial charge in [-0.15, -0.1) is 0 Å². The molecule has 0 bridgehead atoms. The van der Waals surface area contributed by atoms with Crippen molar-refractivity contribution in [1.29, 1.82) is 0 Å². The minimum Gasteiger partial charge on any atom is -0.310 e. The molecule has 0 aliphatic heterocycles. The van der Waals surface area contributed by atoms with Gasteiger partial charge in [-0.05, 0) is 42.7 Å². The molecule has 1 aromatic heterocycles. The molecule has 2 nitrogen and oxygen atoms in total. The molecule has 1 aromatic carbocycles. The SMILES string of the molecule is Fc1ccc(CNC2CC2)c(-c2ccccn2)c1. The first-order valence-corrected chi connectivity index (χ1v) is 6.26. The van der Waals surface area contributed by atoms with E-state index in [0.29, 0.717) is 6.04 Å². The maximum atomic E-state index is 13.4. The molecule has 0 radical (unpaired) electrons. The van der Waals surface area contributed by atoms with E-state index >= 15 is 0 Å². The van der Waals surface area contributed by atoms with Gasteiger partial charge in [-0.1, -0.05) is 12.1 Å². The van der Waals surface area contributed by atoms with E-state index in [9.17, 15) is 4.39 Å². The Bertz CT molecular complexity index is 535. The summed E-state index contributed by atoms with van der Waals surface area (Å²) in [5.74, 6) is -0.217. The predicted molar refractivity (Wildman–Crippen MR) is 69.5 cm³/mol. The van der Waals surface area contributed by atoms with Gasteiger partial charge in [-0.25, -0.2) is 4.39 Å². The number of nitrogens with zero attached hydrogens (tertiary/aromatic N) is 1. The monoisotopic (exact) mass is 242 g/mol. The average Bonchev–Trinajstić information content (AvgIpc) is 3.22. The van der Waals surface area contributed by atoms with Gasteiger partial charge in [0.15, 0.2) is 0 Å². The fraction of sp³-hybridized carbons (Fsp3) is 0.267. The molecule has 0 amide bonds. The van der Waals surface area contributed by atoms with Crippen LogP contribution in [0.4, 0.5) is 4.39 Å². The number of hydrogen-bond donors (Lipinski definition) is 1. The third-order valence-corrected chi connectivity index (χ3v) is 3.17. The summed E-state index contributed by atoms with van der Waals surface area (Å²) in [7, 11) is 0. The van der Waals surface area contributed by atoms with Crippen LogP contribution in [0.5, 0.6) is 0 Å². The lowest BCUT2D eigenvalue weighted by molar-refractivity contribution is 0.625. The summed E-state index contributed by atoms with van der Waals surface area (Å²) >= 11 is 0. The van der Waals surface area contributed by atoms with Crippen LogP contribution >= 0.6 is 0 Å².